The van der Waals surface area contributed by atoms with Crippen molar-refractivity contribution in [1.82, 2.24) is 10.3 Å². The standard InChI is InChI=1S/C12H16Cl2N2O2/c13-9-5-10(16-11(9)14)12(18)15-6-7-2-1-3-8(17)4-7/h5,7-8,16-17H,1-4,6H2,(H,15,18). The molecule has 1 saturated carbocycles. The first kappa shape index (κ1) is 13.7. The highest BCUT2D eigenvalue weighted by Gasteiger charge is 2.21. The van der Waals surface area contributed by atoms with Crippen LogP contribution in [0.4, 0.5) is 0 Å². The van der Waals surface area contributed by atoms with Gasteiger partial charge in [0.05, 0.1) is 11.1 Å². The van der Waals surface area contributed by atoms with E-state index >= 15 is 0 Å². The number of aromatic amines is 1. The van der Waals surface area contributed by atoms with Crippen molar-refractivity contribution in [2.75, 3.05) is 6.54 Å². The second-order valence-electron chi connectivity index (χ2n) is 4.74. The van der Waals surface area contributed by atoms with Gasteiger partial charge in [-0.05, 0) is 31.2 Å². The van der Waals surface area contributed by atoms with E-state index in [1.54, 1.807) is 0 Å². The van der Waals surface area contributed by atoms with E-state index in [1.807, 2.05) is 0 Å². The molecule has 1 aliphatic carbocycles. The van der Waals surface area contributed by atoms with E-state index in [0.717, 1.165) is 25.7 Å². The molecule has 0 bridgehead atoms. The fourth-order valence-electron chi connectivity index (χ4n) is 2.31. The molecule has 1 fully saturated rings. The lowest BCUT2D eigenvalue weighted by molar-refractivity contribution is 0.0870. The fraction of sp³-hybridized carbons (Fsp3) is 0.583. The minimum absolute atomic E-state index is 0.219. The van der Waals surface area contributed by atoms with E-state index in [-0.39, 0.29) is 17.2 Å². The summed E-state index contributed by atoms with van der Waals surface area (Å²) in [6, 6.07) is 1.51. The molecule has 0 spiro atoms. The van der Waals surface area contributed by atoms with Gasteiger partial charge in [-0.1, -0.05) is 29.6 Å². The van der Waals surface area contributed by atoms with Crippen molar-refractivity contribution in [2.24, 2.45) is 5.92 Å². The van der Waals surface area contributed by atoms with Crippen LogP contribution in [0, 0.1) is 5.92 Å². The number of halogens is 2. The maximum absolute atomic E-state index is 11.8. The van der Waals surface area contributed by atoms with E-state index in [1.165, 1.54) is 6.07 Å². The van der Waals surface area contributed by atoms with Crippen molar-refractivity contribution in [3.8, 4) is 0 Å². The molecule has 2 atom stereocenters. The summed E-state index contributed by atoms with van der Waals surface area (Å²) >= 11 is 11.5. The van der Waals surface area contributed by atoms with Crippen molar-refractivity contribution >= 4 is 29.1 Å². The van der Waals surface area contributed by atoms with Gasteiger partial charge in [0.25, 0.3) is 5.91 Å². The number of hydrogen-bond donors (Lipinski definition) is 3. The average molecular weight is 291 g/mol. The Kier molecular flexibility index (Phi) is 4.54. The van der Waals surface area contributed by atoms with E-state index < -0.39 is 0 Å². The Morgan fingerprint density at radius 3 is 2.89 bits per heavy atom. The van der Waals surface area contributed by atoms with Crippen LogP contribution in [-0.2, 0) is 0 Å². The molecule has 6 heteroatoms. The number of aliphatic hydroxyl groups is 1. The third-order valence-corrected chi connectivity index (χ3v) is 3.97. The predicted octanol–water partition coefficient (Wildman–Crippen LogP) is 2.60. The zero-order chi connectivity index (χ0) is 13.1. The summed E-state index contributed by atoms with van der Waals surface area (Å²) in [6.07, 6.45) is 3.46. The molecule has 0 radical (unpaired) electrons. The highest BCUT2D eigenvalue weighted by atomic mass is 35.5. The third kappa shape index (κ3) is 3.40. The van der Waals surface area contributed by atoms with Crippen LogP contribution in [0.1, 0.15) is 36.2 Å². The van der Waals surface area contributed by atoms with Crippen LogP contribution in [0.15, 0.2) is 6.07 Å². The summed E-state index contributed by atoms with van der Waals surface area (Å²) in [5, 5.41) is 13.0. The summed E-state index contributed by atoms with van der Waals surface area (Å²) in [5.74, 6) is 0.127. The molecule has 0 aromatic carbocycles. The van der Waals surface area contributed by atoms with Gasteiger partial charge in [-0.2, -0.15) is 0 Å². The molecule has 1 aliphatic rings. The molecule has 3 N–H and O–H groups in total. The number of aromatic nitrogens is 1. The zero-order valence-electron chi connectivity index (χ0n) is 9.88. The molecule has 0 saturated heterocycles. The minimum atomic E-state index is -0.227. The van der Waals surface area contributed by atoms with Crippen molar-refractivity contribution in [2.45, 2.75) is 31.8 Å². The van der Waals surface area contributed by atoms with Crippen molar-refractivity contribution in [3.63, 3.8) is 0 Å². The number of carbonyl (C=O) groups is 1. The quantitative estimate of drug-likeness (QED) is 0.801. The molecule has 0 aliphatic heterocycles. The second-order valence-corrected chi connectivity index (χ2v) is 5.53. The molecule has 2 rings (SSSR count). The monoisotopic (exact) mass is 290 g/mol. The van der Waals surface area contributed by atoms with Crippen LogP contribution < -0.4 is 5.32 Å². The van der Waals surface area contributed by atoms with Crippen LogP contribution in [0.5, 0.6) is 0 Å². The van der Waals surface area contributed by atoms with Crippen LogP contribution in [0.25, 0.3) is 0 Å². The van der Waals surface area contributed by atoms with Crippen molar-refractivity contribution < 1.29 is 9.90 Å². The van der Waals surface area contributed by atoms with Crippen LogP contribution in [-0.4, -0.2) is 28.6 Å². The van der Waals surface area contributed by atoms with E-state index in [4.69, 9.17) is 23.2 Å². The lowest BCUT2D eigenvalue weighted by atomic mass is 9.87. The Hall–Kier alpha value is -0.710. The van der Waals surface area contributed by atoms with Gasteiger partial charge in [-0.3, -0.25) is 4.79 Å². The van der Waals surface area contributed by atoms with Crippen molar-refractivity contribution in [3.05, 3.63) is 21.9 Å². The van der Waals surface area contributed by atoms with Gasteiger partial charge >= 0.3 is 0 Å². The number of nitrogens with one attached hydrogen (secondary N) is 2. The first-order valence-electron chi connectivity index (χ1n) is 6.06. The molecule has 100 valence electrons. The van der Waals surface area contributed by atoms with Gasteiger partial charge in [0.15, 0.2) is 0 Å². The second kappa shape index (κ2) is 5.95. The smallest absolute Gasteiger partial charge is 0.267 e. The largest absolute Gasteiger partial charge is 0.393 e. The molecule has 1 amide bonds. The van der Waals surface area contributed by atoms with Gasteiger partial charge < -0.3 is 15.4 Å². The number of amides is 1. The zero-order valence-corrected chi connectivity index (χ0v) is 11.4. The molecule has 18 heavy (non-hydrogen) atoms. The van der Waals surface area contributed by atoms with Crippen LogP contribution >= 0.6 is 23.2 Å². The van der Waals surface area contributed by atoms with E-state index in [2.05, 4.69) is 10.3 Å². The number of H-pyrrole nitrogens is 1. The number of rotatable bonds is 3. The lowest BCUT2D eigenvalue weighted by Crippen LogP contribution is -2.33. The minimum Gasteiger partial charge on any atom is -0.393 e. The fourth-order valence-corrected chi connectivity index (χ4v) is 2.62. The Balaban J connectivity index is 1.84. The third-order valence-electron chi connectivity index (χ3n) is 3.28. The summed E-state index contributed by atoms with van der Waals surface area (Å²) in [7, 11) is 0. The Bertz CT molecular complexity index is 414. The molecule has 1 aromatic heterocycles. The highest BCUT2D eigenvalue weighted by molar-refractivity contribution is 6.41. The SMILES string of the molecule is O=C(NCC1CCCC(O)C1)c1cc(Cl)c(Cl)[nH]1. The van der Waals surface area contributed by atoms with Gasteiger partial charge in [0.2, 0.25) is 0 Å². The summed E-state index contributed by atoms with van der Waals surface area (Å²) < 4.78 is 0. The highest BCUT2D eigenvalue weighted by Crippen LogP contribution is 2.24. The molecule has 1 heterocycles. The first-order chi connectivity index (χ1) is 8.56. The average Bonchev–Trinajstić information content (AvgIpc) is 2.67. The van der Waals surface area contributed by atoms with Gasteiger partial charge in [-0.15, -0.1) is 0 Å². The van der Waals surface area contributed by atoms with Gasteiger partial charge in [0, 0.05) is 6.54 Å². The maximum Gasteiger partial charge on any atom is 0.267 e. The molecule has 1 aromatic rings. The summed E-state index contributed by atoms with van der Waals surface area (Å²) in [4.78, 5) is 14.5. The normalized spacial score (nSPS) is 23.9. The molecule has 4 nitrogen and oxygen atoms in total. The van der Waals surface area contributed by atoms with E-state index in [9.17, 15) is 9.90 Å². The topological polar surface area (TPSA) is 65.1 Å². The van der Waals surface area contributed by atoms with E-state index in [0.29, 0.717) is 23.2 Å². The predicted molar refractivity (Wildman–Crippen MR) is 71.1 cm³/mol. The maximum atomic E-state index is 11.8. The Morgan fingerprint density at radius 2 is 2.28 bits per heavy atom. The summed E-state index contributed by atoms with van der Waals surface area (Å²) in [5.41, 5.74) is 0.362. The number of aliphatic hydroxyl groups excluding tert-OH is 1. The number of carbonyl (C=O) groups excluding carboxylic acids is 1. The summed E-state index contributed by atoms with van der Waals surface area (Å²) in [6.45, 7) is 0.574. The molecular weight excluding hydrogens is 275 g/mol. The number of hydrogen-bond acceptors (Lipinski definition) is 2. The first-order valence-corrected chi connectivity index (χ1v) is 6.82. The van der Waals surface area contributed by atoms with Crippen molar-refractivity contribution in [1.29, 1.82) is 0 Å². The lowest BCUT2D eigenvalue weighted by Gasteiger charge is -2.25. The van der Waals surface area contributed by atoms with Crippen LogP contribution in [0.3, 0.4) is 0 Å². The van der Waals surface area contributed by atoms with Gasteiger partial charge in [-0.25, -0.2) is 0 Å². The van der Waals surface area contributed by atoms with Crippen LogP contribution in [0.2, 0.25) is 10.2 Å². The van der Waals surface area contributed by atoms with Gasteiger partial charge in [0.1, 0.15) is 10.8 Å². The molecular formula is C12H16Cl2N2O2. The Morgan fingerprint density at radius 1 is 1.50 bits per heavy atom. The molecule has 2 unspecified atom stereocenters. The Labute approximate surface area is 116 Å².